The first-order valence-corrected chi connectivity index (χ1v) is 9.05. The van der Waals surface area contributed by atoms with E-state index in [1.807, 2.05) is 18.2 Å². The number of rotatable bonds is 8. The lowest BCUT2D eigenvalue weighted by Crippen LogP contribution is -2.37. The molecular formula is C21H30Cl2N2O. The zero-order valence-electron chi connectivity index (χ0n) is 15.4. The van der Waals surface area contributed by atoms with Crippen LogP contribution in [0.2, 0.25) is 0 Å². The van der Waals surface area contributed by atoms with E-state index in [4.69, 9.17) is 4.74 Å². The Bertz CT molecular complexity index is 607. The van der Waals surface area contributed by atoms with Crippen LogP contribution in [-0.4, -0.2) is 30.6 Å². The second kappa shape index (κ2) is 12.2. The smallest absolute Gasteiger partial charge is 0.119 e. The molecule has 1 unspecified atom stereocenters. The Hall–Kier alpha value is -1.26. The standard InChI is InChI=1S/C21H28N2O.2ClH/c1-2-23-14-6-9-20(23)16-22-15-18-10-12-21(13-11-18)24-17-19-7-4-3-5-8-19;;/h3-5,7-8,10-13,20,22H,2,6,9,14-17H2,1H3;2*1H. The summed E-state index contributed by atoms with van der Waals surface area (Å²) in [6.07, 6.45) is 2.67. The lowest BCUT2D eigenvalue weighted by atomic mass is 10.2. The van der Waals surface area contributed by atoms with Crippen LogP contribution in [0.3, 0.4) is 0 Å². The number of nitrogens with one attached hydrogen (secondary N) is 1. The van der Waals surface area contributed by atoms with E-state index in [0.29, 0.717) is 12.6 Å². The van der Waals surface area contributed by atoms with Crippen molar-refractivity contribution in [1.29, 1.82) is 0 Å². The van der Waals surface area contributed by atoms with E-state index in [0.717, 1.165) is 18.8 Å². The predicted octanol–water partition coefficient (Wildman–Crippen LogP) is 4.68. The number of ether oxygens (including phenoxy) is 1. The molecule has 26 heavy (non-hydrogen) atoms. The van der Waals surface area contributed by atoms with Crippen LogP contribution in [0, 0.1) is 0 Å². The molecule has 0 aliphatic carbocycles. The molecular weight excluding hydrogens is 367 g/mol. The van der Waals surface area contributed by atoms with Gasteiger partial charge in [0.1, 0.15) is 12.4 Å². The molecule has 1 aliphatic rings. The van der Waals surface area contributed by atoms with Gasteiger partial charge < -0.3 is 10.1 Å². The summed E-state index contributed by atoms with van der Waals surface area (Å²) in [5.74, 6) is 0.926. The van der Waals surface area contributed by atoms with Gasteiger partial charge in [-0.25, -0.2) is 0 Å². The first-order valence-electron chi connectivity index (χ1n) is 9.05. The number of hydrogen-bond acceptors (Lipinski definition) is 3. The number of halogens is 2. The molecule has 0 spiro atoms. The highest BCUT2D eigenvalue weighted by Gasteiger charge is 2.21. The average Bonchev–Trinajstić information content (AvgIpc) is 3.09. The van der Waals surface area contributed by atoms with Gasteiger partial charge in [-0.15, -0.1) is 24.8 Å². The van der Waals surface area contributed by atoms with Crippen molar-refractivity contribution in [3.05, 3.63) is 65.7 Å². The van der Waals surface area contributed by atoms with Crippen molar-refractivity contribution < 1.29 is 4.74 Å². The van der Waals surface area contributed by atoms with Crippen molar-refractivity contribution in [2.24, 2.45) is 0 Å². The molecule has 3 nitrogen and oxygen atoms in total. The van der Waals surface area contributed by atoms with Crippen molar-refractivity contribution in [3.63, 3.8) is 0 Å². The first kappa shape index (κ1) is 22.8. The molecule has 3 rings (SSSR count). The van der Waals surface area contributed by atoms with Crippen LogP contribution in [0.15, 0.2) is 54.6 Å². The molecule has 1 saturated heterocycles. The van der Waals surface area contributed by atoms with E-state index in [1.165, 1.54) is 37.1 Å². The SMILES string of the molecule is CCN1CCCC1CNCc1ccc(OCc2ccccc2)cc1.Cl.Cl. The number of benzene rings is 2. The van der Waals surface area contributed by atoms with Gasteiger partial charge in [0.15, 0.2) is 0 Å². The third kappa shape index (κ3) is 6.81. The Morgan fingerprint density at radius 2 is 1.73 bits per heavy atom. The van der Waals surface area contributed by atoms with Gasteiger partial charge in [-0.05, 0) is 49.2 Å². The lowest BCUT2D eigenvalue weighted by Gasteiger charge is -2.23. The van der Waals surface area contributed by atoms with Crippen LogP contribution in [0.4, 0.5) is 0 Å². The third-order valence-corrected chi connectivity index (χ3v) is 4.79. The third-order valence-electron chi connectivity index (χ3n) is 4.79. The van der Waals surface area contributed by atoms with Crippen LogP contribution in [-0.2, 0) is 13.2 Å². The van der Waals surface area contributed by atoms with Crippen LogP contribution in [0.25, 0.3) is 0 Å². The highest BCUT2D eigenvalue weighted by molar-refractivity contribution is 5.85. The molecule has 2 aromatic rings. The Labute approximate surface area is 169 Å². The zero-order valence-corrected chi connectivity index (χ0v) is 17.0. The minimum absolute atomic E-state index is 0. The van der Waals surface area contributed by atoms with Gasteiger partial charge in [-0.1, -0.05) is 49.4 Å². The highest BCUT2D eigenvalue weighted by atomic mass is 35.5. The summed E-state index contributed by atoms with van der Waals surface area (Å²) in [7, 11) is 0. The molecule has 144 valence electrons. The van der Waals surface area contributed by atoms with Gasteiger partial charge in [0.25, 0.3) is 0 Å². The summed E-state index contributed by atoms with van der Waals surface area (Å²) in [5.41, 5.74) is 2.50. The second-order valence-electron chi connectivity index (χ2n) is 6.47. The molecule has 1 heterocycles. The molecule has 2 aromatic carbocycles. The molecule has 0 amide bonds. The fourth-order valence-electron chi connectivity index (χ4n) is 3.37. The number of likely N-dealkylation sites (N-methyl/N-ethyl adjacent to an activating group) is 1. The topological polar surface area (TPSA) is 24.5 Å². The van der Waals surface area contributed by atoms with Gasteiger partial charge >= 0.3 is 0 Å². The summed E-state index contributed by atoms with van der Waals surface area (Å²) < 4.78 is 5.83. The Balaban J connectivity index is 0.00000169. The average molecular weight is 397 g/mol. The van der Waals surface area contributed by atoms with Gasteiger partial charge in [0.05, 0.1) is 0 Å². The van der Waals surface area contributed by atoms with Gasteiger partial charge in [-0.3, -0.25) is 4.90 Å². The summed E-state index contributed by atoms with van der Waals surface area (Å²) >= 11 is 0. The van der Waals surface area contributed by atoms with E-state index in [-0.39, 0.29) is 24.8 Å². The molecule has 0 saturated carbocycles. The van der Waals surface area contributed by atoms with E-state index < -0.39 is 0 Å². The van der Waals surface area contributed by atoms with Gasteiger partial charge in [-0.2, -0.15) is 0 Å². The highest BCUT2D eigenvalue weighted by Crippen LogP contribution is 2.17. The molecule has 1 N–H and O–H groups in total. The zero-order chi connectivity index (χ0) is 16.6. The number of nitrogens with zero attached hydrogens (tertiary/aromatic N) is 1. The van der Waals surface area contributed by atoms with Crippen molar-refractivity contribution in [1.82, 2.24) is 10.2 Å². The Morgan fingerprint density at radius 3 is 2.42 bits per heavy atom. The number of hydrogen-bond donors (Lipinski definition) is 1. The molecule has 1 atom stereocenters. The largest absolute Gasteiger partial charge is 0.489 e. The molecule has 0 radical (unpaired) electrons. The van der Waals surface area contributed by atoms with Gasteiger partial charge in [0.2, 0.25) is 0 Å². The van der Waals surface area contributed by atoms with Crippen LogP contribution >= 0.6 is 24.8 Å². The Kier molecular flexibility index (Phi) is 10.7. The number of likely N-dealkylation sites (tertiary alicyclic amines) is 1. The van der Waals surface area contributed by atoms with Crippen molar-refractivity contribution in [2.45, 2.75) is 39.0 Å². The van der Waals surface area contributed by atoms with Gasteiger partial charge in [0, 0.05) is 19.1 Å². The molecule has 5 heteroatoms. The van der Waals surface area contributed by atoms with Crippen molar-refractivity contribution in [2.75, 3.05) is 19.6 Å². The first-order chi connectivity index (χ1) is 11.8. The maximum atomic E-state index is 5.83. The minimum atomic E-state index is 0. The van der Waals surface area contributed by atoms with Crippen LogP contribution in [0.5, 0.6) is 5.75 Å². The van der Waals surface area contributed by atoms with E-state index in [9.17, 15) is 0 Å². The Morgan fingerprint density at radius 1 is 1.00 bits per heavy atom. The van der Waals surface area contributed by atoms with Crippen LogP contribution in [0.1, 0.15) is 30.9 Å². The molecule has 1 fully saturated rings. The minimum Gasteiger partial charge on any atom is -0.489 e. The fraction of sp³-hybridized carbons (Fsp3) is 0.429. The summed E-state index contributed by atoms with van der Waals surface area (Å²) in [6.45, 7) is 7.31. The summed E-state index contributed by atoms with van der Waals surface area (Å²) in [5, 5.41) is 3.60. The lowest BCUT2D eigenvalue weighted by molar-refractivity contribution is 0.260. The van der Waals surface area contributed by atoms with E-state index >= 15 is 0 Å². The molecule has 0 bridgehead atoms. The quantitative estimate of drug-likeness (QED) is 0.700. The molecule has 1 aliphatic heterocycles. The van der Waals surface area contributed by atoms with E-state index in [2.05, 4.69) is 53.5 Å². The van der Waals surface area contributed by atoms with Crippen LogP contribution < -0.4 is 10.1 Å². The second-order valence-corrected chi connectivity index (χ2v) is 6.47. The molecule has 0 aromatic heterocycles. The monoisotopic (exact) mass is 396 g/mol. The summed E-state index contributed by atoms with van der Waals surface area (Å²) in [4.78, 5) is 2.58. The van der Waals surface area contributed by atoms with Crippen molar-refractivity contribution in [3.8, 4) is 5.75 Å². The summed E-state index contributed by atoms with van der Waals surface area (Å²) in [6, 6.07) is 19.4. The predicted molar refractivity (Wildman–Crippen MR) is 114 cm³/mol. The maximum Gasteiger partial charge on any atom is 0.119 e. The van der Waals surface area contributed by atoms with E-state index in [1.54, 1.807) is 0 Å². The normalized spacial score (nSPS) is 16.6. The fourth-order valence-corrected chi connectivity index (χ4v) is 3.37. The van der Waals surface area contributed by atoms with Crippen molar-refractivity contribution >= 4 is 24.8 Å². The maximum absolute atomic E-state index is 5.83.